The number of aliphatic imine (C=N–C) groups is 1. The number of aryl methyl sites for hydroxylation is 1. The lowest BCUT2D eigenvalue weighted by Gasteiger charge is -2.35. The maximum absolute atomic E-state index is 13.6. The fraction of sp³-hybridized carbons (Fsp3) is 0.417. The van der Waals surface area contributed by atoms with Crippen LogP contribution in [0.1, 0.15) is 34.5 Å². The summed E-state index contributed by atoms with van der Waals surface area (Å²) in [4.78, 5) is 33.0. The van der Waals surface area contributed by atoms with Gasteiger partial charge >= 0.3 is 0 Å². The van der Waals surface area contributed by atoms with Gasteiger partial charge in [0, 0.05) is 24.3 Å². The van der Waals surface area contributed by atoms with Crippen molar-refractivity contribution >= 4 is 56.3 Å². The first kappa shape index (κ1) is 23.9. The van der Waals surface area contributed by atoms with E-state index in [4.69, 9.17) is 14.7 Å². The number of ether oxygens (including phenoxy) is 2. The summed E-state index contributed by atoms with van der Waals surface area (Å²) >= 11 is 4.71. The molecule has 1 aromatic heterocycles. The number of thiophene rings is 1. The van der Waals surface area contributed by atoms with Gasteiger partial charge in [-0.05, 0) is 71.6 Å². The zero-order chi connectivity index (χ0) is 24.6. The Hall–Kier alpha value is -2.78. The number of nitrogens with zero attached hydrogens (tertiary/aromatic N) is 3. The van der Waals surface area contributed by atoms with Crippen molar-refractivity contribution in [3.8, 4) is 6.19 Å². The largest absolute Gasteiger partial charge is 0.372 e. The van der Waals surface area contributed by atoms with E-state index in [1.165, 1.54) is 11.3 Å². The fourth-order valence-corrected chi connectivity index (χ4v) is 6.33. The molecule has 182 valence electrons. The summed E-state index contributed by atoms with van der Waals surface area (Å²) in [6.45, 7) is 3.34. The average molecular weight is 558 g/mol. The van der Waals surface area contributed by atoms with Crippen LogP contribution >= 0.6 is 27.3 Å². The number of carbonyl (C=O) groups excluding carboxylic acids is 2. The van der Waals surface area contributed by atoms with E-state index in [-0.39, 0.29) is 30.6 Å². The van der Waals surface area contributed by atoms with Crippen LogP contribution in [0.4, 0.5) is 11.4 Å². The molecule has 0 saturated carbocycles. The van der Waals surface area contributed by atoms with E-state index < -0.39 is 5.54 Å². The number of fused-ring (bicyclic) bond motifs is 2. The second-order valence-electron chi connectivity index (χ2n) is 8.85. The van der Waals surface area contributed by atoms with Gasteiger partial charge in [-0.3, -0.25) is 9.59 Å². The highest BCUT2D eigenvalue weighted by Crippen LogP contribution is 2.43. The lowest BCUT2D eigenvalue weighted by molar-refractivity contribution is -0.124. The van der Waals surface area contributed by atoms with Gasteiger partial charge in [0.1, 0.15) is 18.0 Å². The maximum Gasteiger partial charge on any atom is 0.262 e. The van der Waals surface area contributed by atoms with Crippen LogP contribution in [-0.4, -0.2) is 55.2 Å². The summed E-state index contributed by atoms with van der Waals surface area (Å²) < 4.78 is 12.3. The molecule has 5 rings (SSSR count). The smallest absolute Gasteiger partial charge is 0.262 e. The van der Waals surface area contributed by atoms with E-state index in [1.54, 1.807) is 6.07 Å². The van der Waals surface area contributed by atoms with E-state index in [9.17, 15) is 9.59 Å². The van der Waals surface area contributed by atoms with E-state index in [0.29, 0.717) is 36.0 Å². The summed E-state index contributed by atoms with van der Waals surface area (Å²) in [6.07, 6.45) is 3.49. The van der Waals surface area contributed by atoms with Crippen LogP contribution < -0.4 is 15.5 Å². The Morgan fingerprint density at radius 2 is 2.17 bits per heavy atom. The lowest BCUT2D eigenvalue weighted by atomic mass is 9.80. The number of hydrogen-bond acceptors (Lipinski definition) is 7. The first-order valence-corrected chi connectivity index (χ1v) is 13.0. The molecule has 9 nitrogen and oxygen atoms in total. The standard InChI is InChI=1S/C24H24BrN5O4S/c1-14-10-15(2-4-17(14)30-8-9-33-12-21(30)27-13-26)28-23(32)24(11-16-3-6-19(24)34-16)29-22(31)18-5-7-20(25)35-18/h2,4-5,7,10,16,19H,3,6,8-9,11-12H2,1H3,(H,28,32)(H,29,31). The normalized spacial score (nSPS) is 26.5. The number of amides is 2. The van der Waals surface area contributed by atoms with Gasteiger partial charge in [0.05, 0.1) is 27.5 Å². The van der Waals surface area contributed by atoms with Crippen LogP contribution in [0.3, 0.4) is 0 Å². The molecule has 0 spiro atoms. The van der Waals surface area contributed by atoms with Crippen LogP contribution in [0.25, 0.3) is 0 Å². The highest BCUT2D eigenvalue weighted by molar-refractivity contribution is 9.11. The third kappa shape index (κ3) is 4.59. The summed E-state index contributed by atoms with van der Waals surface area (Å²) in [6, 6.07) is 9.15. The molecule has 2 N–H and O–H groups in total. The number of nitriles is 1. The van der Waals surface area contributed by atoms with Crippen molar-refractivity contribution in [3.05, 3.63) is 44.6 Å². The van der Waals surface area contributed by atoms with Gasteiger partial charge in [0.15, 0.2) is 0 Å². The SMILES string of the molecule is Cc1cc(NC(=O)C2(NC(=O)c3ccc(Br)s3)CC3CCC2O3)ccc1N1CCOCC1=NC#N. The fourth-order valence-electron chi connectivity index (χ4n) is 5.05. The third-order valence-corrected chi connectivity index (χ3v) is 8.29. The topological polar surface area (TPSA) is 116 Å². The number of morpholine rings is 1. The van der Waals surface area contributed by atoms with Gasteiger partial charge < -0.3 is 25.0 Å². The van der Waals surface area contributed by atoms with Crippen LogP contribution in [0.2, 0.25) is 0 Å². The number of amidine groups is 1. The molecule has 2 amide bonds. The maximum atomic E-state index is 13.6. The first-order valence-electron chi connectivity index (χ1n) is 11.4. The summed E-state index contributed by atoms with van der Waals surface area (Å²) in [5.41, 5.74) is 1.31. The predicted octanol–water partition coefficient (Wildman–Crippen LogP) is 3.59. The number of halogens is 1. The number of benzene rings is 1. The van der Waals surface area contributed by atoms with Crippen LogP contribution in [0.5, 0.6) is 0 Å². The molecule has 3 aliphatic heterocycles. The van der Waals surface area contributed by atoms with Crippen LogP contribution in [0.15, 0.2) is 39.1 Å². The van der Waals surface area contributed by atoms with Crippen molar-refractivity contribution < 1.29 is 19.1 Å². The molecule has 0 aliphatic carbocycles. The van der Waals surface area contributed by atoms with Crippen LogP contribution in [-0.2, 0) is 14.3 Å². The first-order chi connectivity index (χ1) is 16.9. The Morgan fingerprint density at radius 1 is 1.31 bits per heavy atom. The average Bonchev–Trinajstić information content (AvgIpc) is 3.57. The quantitative estimate of drug-likeness (QED) is 0.542. The van der Waals surface area contributed by atoms with E-state index >= 15 is 0 Å². The number of rotatable bonds is 5. The van der Waals surface area contributed by atoms with Crippen molar-refractivity contribution in [2.45, 2.75) is 43.9 Å². The molecule has 3 saturated heterocycles. The molecular formula is C24H24BrN5O4S. The van der Waals surface area contributed by atoms with Crippen molar-refractivity contribution in [1.29, 1.82) is 5.26 Å². The highest BCUT2D eigenvalue weighted by Gasteiger charge is 2.58. The monoisotopic (exact) mass is 557 g/mol. The van der Waals surface area contributed by atoms with Gasteiger partial charge in [-0.15, -0.1) is 11.3 Å². The minimum atomic E-state index is -1.13. The Kier molecular flexibility index (Phi) is 6.63. The Labute approximate surface area is 215 Å². The van der Waals surface area contributed by atoms with Gasteiger partial charge in [0.2, 0.25) is 6.19 Å². The summed E-state index contributed by atoms with van der Waals surface area (Å²) in [5.74, 6) is -0.00581. The summed E-state index contributed by atoms with van der Waals surface area (Å²) in [7, 11) is 0. The molecule has 35 heavy (non-hydrogen) atoms. The van der Waals surface area contributed by atoms with Gasteiger partial charge in [-0.25, -0.2) is 0 Å². The zero-order valence-electron chi connectivity index (χ0n) is 19.0. The number of nitrogens with one attached hydrogen (secondary N) is 2. The number of carbonyl (C=O) groups is 2. The number of anilines is 2. The third-order valence-electron chi connectivity index (χ3n) is 6.67. The minimum absolute atomic E-state index is 0.0376. The van der Waals surface area contributed by atoms with Crippen molar-refractivity contribution in [2.75, 3.05) is 30.0 Å². The molecule has 2 aromatic rings. The van der Waals surface area contributed by atoms with Gasteiger partial charge in [-0.1, -0.05) is 0 Å². The molecule has 0 radical (unpaired) electrons. The predicted molar refractivity (Wildman–Crippen MR) is 136 cm³/mol. The molecule has 3 aliphatic rings. The Morgan fingerprint density at radius 3 is 2.83 bits per heavy atom. The summed E-state index contributed by atoms with van der Waals surface area (Å²) in [5, 5.41) is 15.0. The zero-order valence-corrected chi connectivity index (χ0v) is 21.4. The molecular weight excluding hydrogens is 534 g/mol. The van der Waals surface area contributed by atoms with E-state index in [1.807, 2.05) is 42.3 Å². The minimum Gasteiger partial charge on any atom is -0.372 e. The van der Waals surface area contributed by atoms with Crippen LogP contribution in [0, 0.1) is 18.4 Å². The Bertz CT molecular complexity index is 1240. The number of hydrogen-bond donors (Lipinski definition) is 2. The van der Waals surface area contributed by atoms with Gasteiger partial charge in [-0.2, -0.15) is 10.3 Å². The molecule has 1 aromatic carbocycles. The van der Waals surface area contributed by atoms with Crippen molar-refractivity contribution in [1.82, 2.24) is 5.32 Å². The molecule has 3 unspecified atom stereocenters. The highest BCUT2D eigenvalue weighted by atomic mass is 79.9. The molecule has 3 atom stereocenters. The Balaban J connectivity index is 1.37. The second kappa shape index (κ2) is 9.70. The lowest BCUT2D eigenvalue weighted by Crippen LogP contribution is -2.62. The van der Waals surface area contributed by atoms with Gasteiger partial charge in [0.25, 0.3) is 11.8 Å². The molecule has 11 heteroatoms. The van der Waals surface area contributed by atoms with E-state index in [0.717, 1.165) is 27.9 Å². The van der Waals surface area contributed by atoms with E-state index in [2.05, 4.69) is 31.6 Å². The molecule has 2 bridgehead atoms. The second-order valence-corrected chi connectivity index (χ2v) is 11.3. The van der Waals surface area contributed by atoms with Crippen molar-refractivity contribution in [2.24, 2.45) is 4.99 Å². The molecule has 3 fully saturated rings. The molecule has 4 heterocycles. The van der Waals surface area contributed by atoms with Crippen molar-refractivity contribution in [3.63, 3.8) is 0 Å².